The van der Waals surface area contributed by atoms with Crippen LogP contribution in [0.4, 0.5) is 4.79 Å². The number of carbonyl (C=O) groups is 1. The quantitative estimate of drug-likeness (QED) is 0.575. The lowest BCUT2D eigenvalue weighted by atomic mass is 10.2. The van der Waals surface area contributed by atoms with Crippen molar-refractivity contribution in [2.24, 2.45) is 0 Å². The molecule has 0 spiro atoms. The molecule has 2 amide bonds. The fourth-order valence-corrected chi connectivity index (χ4v) is 4.03. The summed E-state index contributed by atoms with van der Waals surface area (Å²) < 4.78 is 5.11. The third kappa shape index (κ3) is 4.85. The number of carbonyl (C=O) groups excluding carboxylic acids is 1. The van der Waals surface area contributed by atoms with Crippen molar-refractivity contribution in [1.29, 1.82) is 0 Å². The van der Waals surface area contributed by atoms with Crippen molar-refractivity contribution in [3.8, 4) is 5.75 Å². The molecule has 0 bridgehead atoms. The fourth-order valence-electron chi connectivity index (χ4n) is 2.39. The van der Waals surface area contributed by atoms with Crippen LogP contribution in [0.3, 0.4) is 0 Å². The van der Waals surface area contributed by atoms with Gasteiger partial charge in [0.25, 0.3) is 0 Å². The highest BCUT2D eigenvalue weighted by molar-refractivity contribution is 7.12. The van der Waals surface area contributed by atoms with Crippen molar-refractivity contribution in [3.05, 3.63) is 74.1 Å². The summed E-state index contributed by atoms with van der Waals surface area (Å²) in [6, 6.07) is 13.1. The summed E-state index contributed by atoms with van der Waals surface area (Å²) in [4.78, 5) is 13.8. The molecule has 7 heteroatoms. The van der Waals surface area contributed by atoms with Gasteiger partial charge in [0.1, 0.15) is 11.9 Å². The minimum atomic E-state index is -0.608. The lowest BCUT2D eigenvalue weighted by Crippen LogP contribution is -2.34. The van der Waals surface area contributed by atoms with Gasteiger partial charge < -0.3 is 20.5 Å². The summed E-state index contributed by atoms with van der Waals surface area (Å²) in [5.41, 5.74) is 1.90. The first kappa shape index (κ1) is 18.4. The van der Waals surface area contributed by atoms with Gasteiger partial charge in [-0.25, -0.2) is 4.79 Å². The molecule has 0 saturated heterocycles. The zero-order valence-electron chi connectivity index (χ0n) is 14.3. The molecule has 0 aliphatic rings. The fraction of sp³-hybridized carbons (Fsp3) is 0.211. The molecule has 1 unspecified atom stereocenters. The second-order valence-corrected chi connectivity index (χ2v) is 7.63. The van der Waals surface area contributed by atoms with E-state index in [1.54, 1.807) is 18.4 Å². The maximum absolute atomic E-state index is 11.9. The lowest BCUT2D eigenvalue weighted by molar-refractivity contribution is 0.224. The number of rotatable bonds is 7. The van der Waals surface area contributed by atoms with Gasteiger partial charge in [0.15, 0.2) is 0 Å². The van der Waals surface area contributed by atoms with Crippen LogP contribution in [0.2, 0.25) is 0 Å². The third-order valence-corrected chi connectivity index (χ3v) is 5.69. The van der Waals surface area contributed by atoms with Crippen LogP contribution in [0.5, 0.6) is 5.75 Å². The van der Waals surface area contributed by atoms with Gasteiger partial charge in [-0.1, -0.05) is 12.1 Å². The molecule has 3 N–H and O–H groups in total. The van der Waals surface area contributed by atoms with Gasteiger partial charge in [-0.15, -0.1) is 11.3 Å². The zero-order valence-corrected chi connectivity index (χ0v) is 15.9. The van der Waals surface area contributed by atoms with Crippen molar-refractivity contribution >= 4 is 28.7 Å². The number of methoxy groups -OCH3 is 1. The summed E-state index contributed by atoms with van der Waals surface area (Å²) >= 11 is 3.06. The molecule has 0 saturated carbocycles. The van der Waals surface area contributed by atoms with E-state index in [-0.39, 0.29) is 6.03 Å². The average Bonchev–Trinajstić information content (AvgIpc) is 3.36. The van der Waals surface area contributed by atoms with Crippen LogP contribution in [0.25, 0.3) is 0 Å². The molecule has 3 aromatic rings. The van der Waals surface area contributed by atoms with E-state index >= 15 is 0 Å². The van der Waals surface area contributed by atoms with Gasteiger partial charge in [0.05, 0.1) is 13.7 Å². The number of nitrogens with one attached hydrogen (secondary N) is 2. The second kappa shape index (κ2) is 8.84. The van der Waals surface area contributed by atoms with Crippen LogP contribution in [0.1, 0.15) is 27.0 Å². The first-order valence-electron chi connectivity index (χ1n) is 8.09. The second-order valence-electron chi connectivity index (χ2n) is 5.65. The summed E-state index contributed by atoms with van der Waals surface area (Å²) in [5.74, 6) is 0.788. The Labute approximate surface area is 160 Å². The molecule has 2 aromatic heterocycles. The Kier molecular flexibility index (Phi) is 6.27. The first-order valence-corrected chi connectivity index (χ1v) is 9.85. The normalized spacial score (nSPS) is 11.8. The Balaban J connectivity index is 1.45. The molecule has 5 nitrogen and oxygen atoms in total. The Bertz CT molecular complexity index is 829. The third-order valence-electron chi connectivity index (χ3n) is 3.85. The van der Waals surface area contributed by atoms with E-state index in [1.807, 2.05) is 53.2 Å². The molecule has 1 aromatic carbocycles. The number of benzene rings is 1. The van der Waals surface area contributed by atoms with Crippen LogP contribution in [0, 0.1) is 0 Å². The van der Waals surface area contributed by atoms with Crippen LogP contribution >= 0.6 is 22.7 Å². The number of aliphatic hydroxyl groups excluding tert-OH is 1. The van der Waals surface area contributed by atoms with E-state index in [9.17, 15) is 9.90 Å². The monoisotopic (exact) mass is 388 g/mol. The highest BCUT2D eigenvalue weighted by Crippen LogP contribution is 2.29. The Hall–Kier alpha value is -2.35. The van der Waals surface area contributed by atoms with Gasteiger partial charge in [0.2, 0.25) is 0 Å². The smallest absolute Gasteiger partial charge is 0.315 e. The number of ether oxygens (including phenoxy) is 1. The average molecular weight is 389 g/mol. The van der Waals surface area contributed by atoms with Gasteiger partial charge in [-0.05, 0) is 52.2 Å². The van der Waals surface area contributed by atoms with Gasteiger partial charge >= 0.3 is 6.03 Å². The van der Waals surface area contributed by atoms with Crippen LogP contribution < -0.4 is 15.4 Å². The van der Waals surface area contributed by atoms with E-state index in [0.717, 1.165) is 26.6 Å². The molecule has 0 fully saturated rings. The number of aliphatic hydroxyl groups is 1. The molecule has 0 radical (unpaired) electrons. The minimum Gasteiger partial charge on any atom is -0.497 e. The number of urea groups is 1. The molecule has 3 rings (SSSR count). The predicted octanol–water partition coefficient (Wildman–Crippen LogP) is 3.90. The molecule has 1 atom stereocenters. The lowest BCUT2D eigenvalue weighted by Gasteiger charge is -2.08. The van der Waals surface area contributed by atoms with E-state index < -0.39 is 6.10 Å². The summed E-state index contributed by atoms with van der Waals surface area (Å²) in [5, 5.41) is 19.9. The van der Waals surface area contributed by atoms with Crippen molar-refractivity contribution in [3.63, 3.8) is 0 Å². The molecular formula is C19H20N2O3S2. The molecule has 0 aliphatic heterocycles. The van der Waals surface area contributed by atoms with Crippen molar-refractivity contribution in [1.82, 2.24) is 10.6 Å². The van der Waals surface area contributed by atoms with Crippen molar-refractivity contribution < 1.29 is 14.6 Å². The van der Waals surface area contributed by atoms with Crippen LogP contribution in [0.15, 0.2) is 53.2 Å². The van der Waals surface area contributed by atoms with Crippen LogP contribution in [-0.4, -0.2) is 18.2 Å². The van der Waals surface area contributed by atoms with Gasteiger partial charge in [-0.2, -0.15) is 11.3 Å². The van der Waals surface area contributed by atoms with E-state index in [1.165, 1.54) is 11.3 Å². The van der Waals surface area contributed by atoms with E-state index in [0.29, 0.717) is 13.1 Å². The Morgan fingerprint density at radius 1 is 1.12 bits per heavy atom. The van der Waals surface area contributed by atoms with E-state index in [4.69, 9.17) is 4.74 Å². The first-order chi connectivity index (χ1) is 12.7. The standard InChI is InChI=1S/C19H20N2O3S2/c1-24-15-4-2-13(3-5-15)10-20-19(23)21-11-16-6-7-17(26-16)18(22)14-8-9-25-12-14/h2-9,12,18,22H,10-11H2,1H3,(H2,20,21,23). The van der Waals surface area contributed by atoms with Gasteiger partial charge in [0, 0.05) is 16.3 Å². The number of amides is 2. The SMILES string of the molecule is COc1ccc(CNC(=O)NCc2ccc(C(O)c3ccsc3)s2)cc1. The molecule has 0 aliphatic carbocycles. The van der Waals surface area contributed by atoms with Crippen molar-refractivity contribution in [2.45, 2.75) is 19.2 Å². The summed E-state index contributed by atoms with van der Waals surface area (Å²) in [6.45, 7) is 0.873. The summed E-state index contributed by atoms with van der Waals surface area (Å²) in [6.07, 6.45) is -0.608. The highest BCUT2D eigenvalue weighted by Gasteiger charge is 2.13. The summed E-state index contributed by atoms with van der Waals surface area (Å²) in [7, 11) is 1.62. The minimum absolute atomic E-state index is 0.228. The van der Waals surface area contributed by atoms with Crippen LogP contribution in [-0.2, 0) is 13.1 Å². The predicted molar refractivity (Wildman–Crippen MR) is 105 cm³/mol. The topological polar surface area (TPSA) is 70.6 Å². The zero-order chi connectivity index (χ0) is 18.4. The van der Waals surface area contributed by atoms with Gasteiger partial charge in [-0.3, -0.25) is 0 Å². The Morgan fingerprint density at radius 3 is 2.58 bits per heavy atom. The highest BCUT2D eigenvalue weighted by atomic mass is 32.1. The Morgan fingerprint density at radius 2 is 1.88 bits per heavy atom. The molecule has 26 heavy (non-hydrogen) atoms. The molecule has 136 valence electrons. The molecule has 2 heterocycles. The number of hydrogen-bond donors (Lipinski definition) is 3. The molecular weight excluding hydrogens is 368 g/mol. The number of hydrogen-bond acceptors (Lipinski definition) is 5. The van der Waals surface area contributed by atoms with Crippen molar-refractivity contribution in [2.75, 3.05) is 7.11 Å². The maximum Gasteiger partial charge on any atom is 0.315 e. The van der Waals surface area contributed by atoms with E-state index in [2.05, 4.69) is 10.6 Å². The largest absolute Gasteiger partial charge is 0.497 e. The maximum atomic E-state index is 11.9. The number of thiophene rings is 2.